The van der Waals surface area contributed by atoms with Crippen molar-refractivity contribution in [2.24, 2.45) is 0 Å². The largest absolute Gasteiger partial charge is 0.496 e. The van der Waals surface area contributed by atoms with Crippen LogP contribution >= 0.6 is 0 Å². The monoisotopic (exact) mass is 594 g/mol. The molecule has 0 spiro atoms. The van der Waals surface area contributed by atoms with Gasteiger partial charge in [-0.15, -0.1) is 0 Å². The molecular formula is C34H43FN2O6. The van der Waals surface area contributed by atoms with Gasteiger partial charge in [-0.05, 0) is 54.8 Å². The summed E-state index contributed by atoms with van der Waals surface area (Å²) in [6.07, 6.45) is 2.31. The van der Waals surface area contributed by atoms with Crippen LogP contribution in [0.2, 0.25) is 0 Å². The minimum atomic E-state index is -0.361. The number of hydrogen-bond acceptors (Lipinski definition) is 7. The average molecular weight is 595 g/mol. The van der Waals surface area contributed by atoms with Crippen molar-refractivity contribution in [1.29, 1.82) is 0 Å². The molecule has 0 bridgehead atoms. The maximum Gasteiger partial charge on any atom is 0.216 e. The molecule has 1 heterocycles. The molecule has 2 atom stereocenters. The van der Waals surface area contributed by atoms with Crippen LogP contribution in [0.3, 0.4) is 0 Å². The minimum Gasteiger partial charge on any atom is -0.496 e. The fourth-order valence-corrected chi connectivity index (χ4v) is 5.15. The highest BCUT2D eigenvalue weighted by atomic mass is 19.1. The van der Waals surface area contributed by atoms with E-state index in [1.54, 1.807) is 13.2 Å². The Kier molecular flexibility index (Phi) is 13.1. The molecule has 1 saturated heterocycles. The zero-order valence-corrected chi connectivity index (χ0v) is 25.1. The summed E-state index contributed by atoms with van der Waals surface area (Å²) in [4.78, 5) is 11.2. The molecule has 0 saturated carbocycles. The van der Waals surface area contributed by atoms with Gasteiger partial charge in [0.25, 0.3) is 0 Å². The third kappa shape index (κ3) is 10.5. The second-order valence-corrected chi connectivity index (χ2v) is 10.5. The number of piperidine rings is 1. The first-order valence-electron chi connectivity index (χ1n) is 14.9. The number of amides is 1. The first kappa shape index (κ1) is 32.3. The lowest BCUT2D eigenvalue weighted by Crippen LogP contribution is -2.41. The SMILES string of the molecule is COc1ccccc1COCCCOc1ccc([C@H]2CCNC[C@@H]2OCCOc2cc(F)ccc2CCNC(C)=O)cc1. The van der Waals surface area contributed by atoms with E-state index in [0.29, 0.717) is 51.7 Å². The highest BCUT2D eigenvalue weighted by Crippen LogP contribution is 2.29. The van der Waals surface area contributed by atoms with E-state index in [1.807, 2.05) is 36.4 Å². The Morgan fingerprint density at radius 3 is 2.60 bits per heavy atom. The van der Waals surface area contributed by atoms with Crippen molar-refractivity contribution < 1.29 is 32.9 Å². The van der Waals surface area contributed by atoms with Gasteiger partial charge in [0, 0.05) is 44.0 Å². The average Bonchev–Trinajstić information content (AvgIpc) is 3.02. The number of methoxy groups -OCH3 is 1. The van der Waals surface area contributed by atoms with Crippen LogP contribution in [0.4, 0.5) is 4.39 Å². The van der Waals surface area contributed by atoms with E-state index in [9.17, 15) is 9.18 Å². The lowest BCUT2D eigenvalue weighted by Gasteiger charge is -2.32. The molecule has 3 aromatic carbocycles. The lowest BCUT2D eigenvalue weighted by atomic mass is 9.88. The maximum absolute atomic E-state index is 13.9. The Bertz CT molecular complexity index is 1270. The topological polar surface area (TPSA) is 87.3 Å². The van der Waals surface area contributed by atoms with Crippen molar-refractivity contribution in [2.75, 3.05) is 53.2 Å². The predicted octanol–water partition coefficient (Wildman–Crippen LogP) is 5.04. The van der Waals surface area contributed by atoms with Gasteiger partial charge in [0.1, 0.15) is 29.7 Å². The third-order valence-corrected chi connectivity index (χ3v) is 7.36. The van der Waals surface area contributed by atoms with E-state index >= 15 is 0 Å². The zero-order chi connectivity index (χ0) is 30.3. The molecule has 232 valence electrons. The fraction of sp³-hybridized carbons (Fsp3) is 0.441. The number of carbonyl (C=O) groups excluding carboxylic acids is 1. The number of carbonyl (C=O) groups is 1. The lowest BCUT2D eigenvalue weighted by molar-refractivity contribution is -0.118. The van der Waals surface area contributed by atoms with Crippen LogP contribution in [-0.2, 0) is 27.3 Å². The van der Waals surface area contributed by atoms with Crippen LogP contribution in [0.25, 0.3) is 0 Å². The first-order valence-corrected chi connectivity index (χ1v) is 14.9. The summed E-state index contributed by atoms with van der Waals surface area (Å²) in [5.41, 5.74) is 3.09. The van der Waals surface area contributed by atoms with Gasteiger partial charge in [-0.1, -0.05) is 36.4 Å². The minimum absolute atomic E-state index is 0.00347. The van der Waals surface area contributed by atoms with Crippen molar-refractivity contribution in [2.45, 2.75) is 44.8 Å². The normalized spacial score (nSPS) is 16.4. The Morgan fingerprint density at radius 2 is 1.79 bits per heavy atom. The summed E-state index contributed by atoms with van der Waals surface area (Å²) in [5, 5.41) is 6.18. The van der Waals surface area contributed by atoms with Crippen LogP contribution in [0.1, 0.15) is 42.4 Å². The molecule has 0 aliphatic carbocycles. The van der Waals surface area contributed by atoms with Gasteiger partial charge < -0.3 is 34.3 Å². The Morgan fingerprint density at radius 1 is 0.953 bits per heavy atom. The van der Waals surface area contributed by atoms with E-state index < -0.39 is 0 Å². The molecule has 4 rings (SSSR count). The molecule has 0 unspecified atom stereocenters. The summed E-state index contributed by atoms with van der Waals surface area (Å²) < 4.78 is 43.1. The van der Waals surface area contributed by atoms with Crippen molar-refractivity contribution >= 4 is 5.91 Å². The van der Waals surface area contributed by atoms with Crippen molar-refractivity contribution in [1.82, 2.24) is 10.6 Å². The van der Waals surface area contributed by atoms with Crippen LogP contribution in [0.15, 0.2) is 66.7 Å². The molecule has 43 heavy (non-hydrogen) atoms. The Hall–Kier alpha value is -3.66. The fourth-order valence-electron chi connectivity index (χ4n) is 5.15. The number of benzene rings is 3. The van der Waals surface area contributed by atoms with Crippen LogP contribution < -0.4 is 24.8 Å². The summed E-state index contributed by atoms with van der Waals surface area (Å²) in [6, 6.07) is 20.6. The molecule has 1 amide bonds. The first-order chi connectivity index (χ1) is 21.0. The molecule has 2 N–H and O–H groups in total. The molecule has 0 radical (unpaired) electrons. The van der Waals surface area contributed by atoms with Gasteiger partial charge in [-0.25, -0.2) is 4.39 Å². The van der Waals surface area contributed by atoms with Gasteiger partial charge in [0.2, 0.25) is 5.91 Å². The molecular weight excluding hydrogens is 551 g/mol. The van der Waals surface area contributed by atoms with Crippen LogP contribution in [-0.4, -0.2) is 65.2 Å². The number of ether oxygens (including phenoxy) is 5. The van der Waals surface area contributed by atoms with Gasteiger partial charge in [0.15, 0.2) is 0 Å². The van der Waals surface area contributed by atoms with E-state index in [4.69, 9.17) is 23.7 Å². The number of hydrogen-bond donors (Lipinski definition) is 2. The summed E-state index contributed by atoms with van der Waals surface area (Å²) >= 11 is 0. The molecule has 0 aromatic heterocycles. The molecule has 8 nitrogen and oxygen atoms in total. The molecule has 1 aliphatic heterocycles. The predicted molar refractivity (Wildman–Crippen MR) is 163 cm³/mol. The molecule has 3 aromatic rings. The number of para-hydroxylation sites is 1. The number of rotatable bonds is 17. The summed E-state index contributed by atoms with van der Waals surface area (Å²) in [7, 11) is 1.66. The van der Waals surface area contributed by atoms with Gasteiger partial charge in [-0.3, -0.25) is 4.79 Å². The molecule has 1 fully saturated rings. The smallest absolute Gasteiger partial charge is 0.216 e. The number of halogens is 1. The number of nitrogens with one attached hydrogen (secondary N) is 2. The summed E-state index contributed by atoms with van der Waals surface area (Å²) in [6.45, 7) is 5.98. The van der Waals surface area contributed by atoms with Crippen molar-refractivity contribution in [3.63, 3.8) is 0 Å². The van der Waals surface area contributed by atoms with E-state index in [0.717, 1.165) is 48.6 Å². The zero-order valence-electron chi connectivity index (χ0n) is 25.1. The van der Waals surface area contributed by atoms with Gasteiger partial charge in [-0.2, -0.15) is 0 Å². The van der Waals surface area contributed by atoms with E-state index in [-0.39, 0.29) is 23.7 Å². The second-order valence-electron chi connectivity index (χ2n) is 10.5. The quantitative estimate of drug-likeness (QED) is 0.212. The van der Waals surface area contributed by atoms with E-state index in [1.165, 1.54) is 24.6 Å². The second kappa shape index (κ2) is 17.5. The maximum atomic E-state index is 13.9. The molecule has 9 heteroatoms. The standard InChI is InChI=1S/C34H43FN2O6/c1-25(38)37-17-14-27-8-11-29(35)22-33(27)42-20-21-43-34-23-36-16-15-31(34)26-9-12-30(13-10-26)41-19-5-18-40-24-28-6-3-4-7-32(28)39-2/h3-4,6-13,22,31,34,36H,5,14-21,23-24H2,1-2H3,(H,37,38)/t31-,34+/m1/s1. The van der Waals surface area contributed by atoms with Crippen LogP contribution in [0, 0.1) is 5.82 Å². The van der Waals surface area contributed by atoms with Crippen LogP contribution in [0.5, 0.6) is 17.2 Å². The highest BCUT2D eigenvalue weighted by molar-refractivity contribution is 5.72. The van der Waals surface area contributed by atoms with Gasteiger partial charge in [0.05, 0.1) is 39.6 Å². The third-order valence-electron chi connectivity index (χ3n) is 7.36. The van der Waals surface area contributed by atoms with Crippen molar-refractivity contribution in [3.8, 4) is 17.2 Å². The van der Waals surface area contributed by atoms with Crippen molar-refractivity contribution in [3.05, 3.63) is 89.2 Å². The van der Waals surface area contributed by atoms with E-state index in [2.05, 4.69) is 22.8 Å². The molecule has 1 aliphatic rings. The Balaban J connectivity index is 1.18. The Labute approximate surface area is 253 Å². The summed E-state index contributed by atoms with van der Waals surface area (Å²) in [5.74, 6) is 1.94. The highest BCUT2D eigenvalue weighted by Gasteiger charge is 2.27. The van der Waals surface area contributed by atoms with Gasteiger partial charge >= 0.3 is 0 Å².